The van der Waals surface area contributed by atoms with Crippen molar-refractivity contribution in [3.63, 3.8) is 0 Å². The largest absolute Gasteiger partial charge is 0.480 e. The highest BCUT2D eigenvalue weighted by Crippen LogP contribution is 2.38. The van der Waals surface area contributed by atoms with Crippen molar-refractivity contribution in [2.45, 2.75) is 12.5 Å². The second-order valence-electron chi connectivity index (χ2n) is 5.99. The van der Waals surface area contributed by atoms with Gasteiger partial charge in [-0.25, -0.2) is 4.79 Å². The van der Waals surface area contributed by atoms with Gasteiger partial charge in [0.2, 0.25) is 0 Å². The Morgan fingerprint density at radius 3 is 2.66 bits per heavy atom. The summed E-state index contributed by atoms with van der Waals surface area (Å²) >= 11 is 20.3. The Morgan fingerprint density at radius 1 is 1.34 bits per heavy atom. The van der Waals surface area contributed by atoms with Crippen molar-refractivity contribution in [1.82, 2.24) is 4.90 Å². The lowest BCUT2D eigenvalue weighted by molar-refractivity contribution is -0.145. The molecule has 0 radical (unpaired) electrons. The number of hydrogen-bond acceptors (Lipinski definition) is 6. The smallest absolute Gasteiger partial charge is 0.326 e. The SMILES string of the molecule is CSCCC(C(=O)O)N1C(=O)C(=Cc2ccc(-c3c(Cl)cccc3Cl)o2)SC1=S. The minimum Gasteiger partial charge on any atom is -0.480 e. The van der Waals surface area contributed by atoms with Crippen molar-refractivity contribution in [3.05, 3.63) is 51.0 Å². The van der Waals surface area contributed by atoms with Gasteiger partial charge in [-0.1, -0.05) is 53.2 Å². The number of thioether (sulfide) groups is 2. The summed E-state index contributed by atoms with van der Waals surface area (Å²) in [6, 6.07) is 7.55. The summed E-state index contributed by atoms with van der Waals surface area (Å²) in [5, 5.41) is 10.4. The molecule has 0 aliphatic carbocycles. The number of aliphatic carboxylic acids is 1. The van der Waals surface area contributed by atoms with Crippen LogP contribution in [0.3, 0.4) is 0 Å². The number of carbonyl (C=O) groups excluding carboxylic acids is 1. The number of carboxylic acids is 1. The van der Waals surface area contributed by atoms with Gasteiger partial charge < -0.3 is 9.52 Å². The summed E-state index contributed by atoms with van der Waals surface area (Å²) in [7, 11) is 0. The maximum atomic E-state index is 12.8. The molecule has 0 bridgehead atoms. The first-order valence-corrected chi connectivity index (χ1v) is 11.7. The van der Waals surface area contributed by atoms with Crippen LogP contribution >= 0.6 is 58.9 Å². The second-order valence-corrected chi connectivity index (χ2v) is 9.46. The van der Waals surface area contributed by atoms with Gasteiger partial charge in [0.25, 0.3) is 5.91 Å². The van der Waals surface area contributed by atoms with Crippen molar-refractivity contribution in [1.29, 1.82) is 0 Å². The Morgan fingerprint density at radius 2 is 2.03 bits per heavy atom. The quantitative estimate of drug-likeness (QED) is 0.398. The molecule has 1 atom stereocenters. The fraction of sp³-hybridized carbons (Fsp3) is 0.211. The van der Waals surface area contributed by atoms with Crippen LogP contribution in [0.4, 0.5) is 0 Å². The fourth-order valence-corrected chi connectivity index (χ4v) is 5.15. The summed E-state index contributed by atoms with van der Waals surface area (Å²) in [4.78, 5) is 25.9. The van der Waals surface area contributed by atoms with Crippen molar-refractivity contribution in [2.24, 2.45) is 0 Å². The molecule has 1 aromatic carbocycles. The number of hydrogen-bond donors (Lipinski definition) is 1. The molecule has 3 rings (SSSR count). The van der Waals surface area contributed by atoms with E-state index in [1.165, 1.54) is 16.7 Å². The lowest BCUT2D eigenvalue weighted by atomic mass is 10.2. The van der Waals surface area contributed by atoms with Crippen molar-refractivity contribution < 1.29 is 19.1 Å². The van der Waals surface area contributed by atoms with Gasteiger partial charge >= 0.3 is 5.97 Å². The second kappa shape index (κ2) is 9.57. The van der Waals surface area contributed by atoms with Gasteiger partial charge in [0.1, 0.15) is 21.9 Å². The fourth-order valence-electron chi connectivity index (χ4n) is 2.77. The highest BCUT2D eigenvalue weighted by atomic mass is 35.5. The van der Waals surface area contributed by atoms with E-state index in [0.29, 0.717) is 44.2 Å². The minimum atomic E-state index is -1.08. The van der Waals surface area contributed by atoms with Gasteiger partial charge in [-0.2, -0.15) is 11.8 Å². The topological polar surface area (TPSA) is 70.8 Å². The van der Waals surface area contributed by atoms with E-state index in [1.807, 2.05) is 6.26 Å². The number of benzene rings is 1. The number of thiocarbonyl (C=S) groups is 1. The van der Waals surface area contributed by atoms with E-state index in [4.69, 9.17) is 39.8 Å². The highest BCUT2D eigenvalue weighted by molar-refractivity contribution is 8.26. The van der Waals surface area contributed by atoms with Gasteiger partial charge in [-0.15, -0.1) is 0 Å². The Balaban J connectivity index is 1.87. The molecule has 1 aromatic heterocycles. The monoisotopic (exact) mass is 487 g/mol. The average Bonchev–Trinajstić information content (AvgIpc) is 3.21. The third kappa shape index (κ3) is 4.83. The van der Waals surface area contributed by atoms with Crippen LogP contribution in [-0.2, 0) is 9.59 Å². The molecule has 10 heteroatoms. The molecule has 5 nitrogen and oxygen atoms in total. The van der Waals surface area contributed by atoms with Crippen molar-refractivity contribution >= 4 is 81.2 Å². The van der Waals surface area contributed by atoms with Crippen LogP contribution in [0.15, 0.2) is 39.7 Å². The van der Waals surface area contributed by atoms with Crippen LogP contribution in [0.25, 0.3) is 17.4 Å². The molecule has 1 aliphatic heterocycles. The summed E-state index contributed by atoms with van der Waals surface area (Å²) in [6.07, 6.45) is 3.73. The standard InChI is InChI=1S/C19H15Cl2NO4S3/c1-28-8-7-13(18(24)25)22-17(23)15(29-19(22)27)9-10-5-6-14(26-10)16-11(20)3-2-4-12(16)21/h2-6,9,13H,7-8H2,1H3,(H,24,25). The summed E-state index contributed by atoms with van der Waals surface area (Å²) in [5.74, 6) is -0.0432. The highest BCUT2D eigenvalue weighted by Gasteiger charge is 2.40. The molecule has 1 fully saturated rings. The summed E-state index contributed by atoms with van der Waals surface area (Å²) in [6.45, 7) is 0. The minimum absolute atomic E-state index is 0.218. The molecule has 1 saturated heterocycles. The van der Waals surface area contributed by atoms with Crippen LogP contribution in [0.5, 0.6) is 0 Å². The number of rotatable bonds is 7. The van der Waals surface area contributed by atoms with E-state index in [1.54, 1.807) is 36.4 Å². The van der Waals surface area contributed by atoms with Gasteiger partial charge in [0.15, 0.2) is 0 Å². The van der Waals surface area contributed by atoms with Crippen LogP contribution < -0.4 is 0 Å². The molecule has 2 aromatic rings. The third-order valence-corrected chi connectivity index (χ3v) is 6.73. The Kier molecular flexibility index (Phi) is 7.34. The maximum Gasteiger partial charge on any atom is 0.326 e. The summed E-state index contributed by atoms with van der Waals surface area (Å²) in [5.41, 5.74) is 0.561. The first-order valence-electron chi connectivity index (χ1n) is 8.36. The summed E-state index contributed by atoms with van der Waals surface area (Å²) < 4.78 is 6.01. The normalized spacial score (nSPS) is 16.7. The van der Waals surface area contributed by atoms with Crippen LogP contribution in [-0.4, -0.2) is 44.3 Å². The van der Waals surface area contributed by atoms with Gasteiger partial charge in [0.05, 0.1) is 20.5 Å². The number of nitrogens with zero attached hydrogens (tertiary/aromatic N) is 1. The first kappa shape index (κ1) is 22.2. The predicted molar refractivity (Wildman–Crippen MR) is 124 cm³/mol. The molecule has 1 unspecified atom stereocenters. The molecule has 0 spiro atoms. The van der Waals surface area contributed by atoms with E-state index in [0.717, 1.165) is 11.8 Å². The number of furan rings is 1. The molecule has 29 heavy (non-hydrogen) atoms. The predicted octanol–water partition coefficient (Wildman–Crippen LogP) is 5.66. The number of amides is 1. The molecule has 0 saturated carbocycles. The molecule has 1 aliphatic rings. The lowest BCUT2D eigenvalue weighted by Gasteiger charge is -2.22. The number of carbonyl (C=O) groups is 2. The van der Waals surface area contributed by atoms with Crippen molar-refractivity contribution in [2.75, 3.05) is 12.0 Å². The third-order valence-electron chi connectivity index (χ3n) is 4.12. The van der Waals surface area contributed by atoms with E-state index >= 15 is 0 Å². The molecule has 2 heterocycles. The van der Waals surface area contributed by atoms with E-state index in [9.17, 15) is 14.7 Å². The first-order chi connectivity index (χ1) is 13.8. The van der Waals surface area contributed by atoms with Gasteiger partial charge in [0, 0.05) is 6.08 Å². The van der Waals surface area contributed by atoms with Crippen molar-refractivity contribution in [3.8, 4) is 11.3 Å². The van der Waals surface area contributed by atoms with Crippen LogP contribution in [0.2, 0.25) is 10.0 Å². The van der Waals surface area contributed by atoms with Crippen LogP contribution in [0, 0.1) is 0 Å². The number of halogens is 2. The van der Waals surface area contributed by atoms with E-state index < -0.39 is 17.9 Å². The maximum absolute atomic E-state index is 12.8. The molecular formula is C19H15Cl2NO4S3. The zero-order chi connectivity index (χ0) is 21.1. The molecule has 152 valence electrons. The Hall–Kier alpha value is -1.45. The average molecular weight is 488 g/mol. The Labute approximate surface area is 191 Å². The van der Waals surface area contributed by atoms with Gasteiger partial charge in [-0.05, 0) is 42.7 Å². The number of carboxylic acid groups (broad SMARTS) is 1. The van der Waals surface area contributed by atoms with E-state index in [2.05, 4.69) is 0 Å². The zero-order valence-electron chi connectivity index (χ0n) is 15.1. The Bertz CT molecular complexity index is 985. The van der Waals surface area contributed by atoms with Crippen LogP contribution in [0.1, 0.15) is 12.2 Å². The molecule has 1 N–H and O–H groups in total. The lowest BCUT2D eigenvalue weighted by Crippen LogP contribution is -2.44. The van der Waals surface area contributed by atoms with E-state index in [-0.39, 0.29) is 4.32 Å². The molecular weight excluding hydrogens is 473 g/mol. The zero-order valence-corrected chi connectivity index (χ0v) is 19.0. The van der Waals surface area contributed by atoms with Gasteiger partial charge in [-0.3, -0.25) is 9.69 Å². The molecule has 1 amide bonds.